The monoisotopic (exact) mass is 312 g/mol. The van der Waals surface area contributed by atoms with Crippen LogP contribution in [0.5, 0.6) is 0 Å². The number of hydrogen-bond donors (Lipinski definition) is 2. The zero-order valence-corrected chi connectivity index (χ0v) is 12.7. The van der Waals surface area contributed by atoms with Gasteiger partial charge in [-0.2, -0.15) is 0 Å². The Hall–Kier alpha value is -2.24. The van der Waals surface area contributed by atoms with Crippen molar-refractivity contribution in [3.05, 3.63) is 57.5 Å². The van der Waals surface area contributed by atoms with E-state index in [1.165, 1.54) is 6.26 Å². The second-order valence-electron chi connectivity index (χ2n) is 6.28. The minimum atomic E-state index is -1.39. The molecule has 2 aromatic rings. The zero-order chi connectivity index (χ0) is 16.4. The highest BCUT2D eigenvalue weighted by Crippen LogP contribution is 2.45. The molecule has 1 heterocycles. The van der Waals surface area contributed by atoms with Crippen molar-refractivity contribution in [1.29, 1.82) is 0 Å². The van der Waals surface area contributed by atoms with E-state index in [2.05, 4.69) is 0 Å². The van der Waals surface area contributed by atoms with Gasteiger partial charge >= 0.3 is 0 Å². The largest absolute Gasteiger partial charge is 0.460 e. The van der Waals surface area contributed by atoms with Crippen LogP contribution < -0.4 is 0 Å². The van der Waals surface area contributed by atoms with Crippen LogP contribution in [0.1, 0.15) is 62.1 Å². The topological polar surface area (TPSA) is 87.7 Å². The third-order valence-electron chi connectivity index (χ3n) is 4.91. The molecule has 118 valence electrons. The fourth-order valence-corrected chi connectivity index (χ4v) is 3.85. The number of ketones is 2. The number of hydrogen-bond acceptors (Lipinski definition) is 5. The summed E-state index contributed by atoms with van der Waals surface area (Å²) in [4.78, 5) is 24.8. The van der Waals surface area contributed by atoms with Crippen LogP contribution in [0, 0.1) is 0 Å². The van der Waals surface area contributed by atoms with Gasteiger partial charge in [0.1, 0.15) is 5.60 Å². The molecule has 1 aromatic heterocycles. The molecule has 2 N–H and O–H groups in total. The summed E-state index contributed by atoms with van der Waals surface area (Å²) in [5, 5.41) is 20.3. The van der Waals surface area contributed by atoms with Crippen LogP contribution in [0.2, 0.25) is 0 Å². The summed E-state index contributed by atoms with van der Waals surface area (Å²) < 4.78 is 5.43. The van der Waals surface area contributed by atoms with Crippen LogP contribution in [0.15, 0.2) is 22.8 Å². The van der Waals surface area contributed by atoms with Gasteiger partial charge in [0.05, 0.1) is 6.26 Å². The van der Waals surface area contributed by atoms with Crippen molar-refractivity contribution in [2.45, 2.75) is 31.8 Å². The molecule has 0 amide bonds. The van der Waals surface area contributed by atoms with Gasteiger partial charge in [0, 0.05) is 29.7 Å². The highest BCUT2D eigenvalue weighted by atomic mass is 16.3. The molecule has 23 heavy (non-hydrogen) atoms. The van der Waals surface area contributed by atoms with Crippen LogP contribution in [0.25, 0.3) is 0 Å². The average Bonchev–Trinajstić information content (AvgIpc) is 3.10. The van der Waals surface area contributed by atoms with Crippen molar-refractivity contribution in [2.24, 2.45) is 0 Å². The maximum absolute atomic E-state index is 12.9. The molecular formula is C18H16O5. The van der Waals surface area contributed by atoms with E-state index in [0.717, 1.165) is 0 Å². The number of carbonyl (C=O) groups excluding carboxylic acids is 2. The van der Waals surface area contributed by atoms with Crippen molar-refractivity contribution >= 4 is 11.6 Å². The summed E-state index contributed by atoms with van der Waals surface area (Å²) in [6.45, 7) is 1.53. The number of Topliss-reactive ketones (excluding diaryl/α,β-unsaturated/α-hetero) is 1. The Morgan fingerprint density at radius 3 is 2.78 bits per heavy atom. The van der Waals surface area contributed by atoms with E-state index < -0.39 is 5.60 Å². The van der Waals surface area contributed by atoms with Crippen molar-refractivity contribution in [3.63, 3.8) is 0 Å². The molecule has 4 rings (SSSR count). The summed E-state index contributed by atoms with van der Waals surface area (Å²) in [6.07, 6.45) is 2.63. The molecule has 1 atom stereocenters. The van der Waals surface area contributed by atoms with E-state index >= 15 is 0 Å². The average molecular weight is 312 g/mol. The lowest BCUT2D eigenvalue weighted by Crippen LogP contribution is -2.34. The predicted molar refractivity (Wildman–Crippen MR) is 80.7 cm³/mol. The van der Waals surface area contributed by atoms with Gasteiger partial charge in [-0.3, -0.25) is 9.59 Å². The van der Waals surface area contributed by atoms with Crippen LogP contribution in [-0.4, -0.2) is 28.4 Å². The maximum Gasteiger partial charge on any atom is 0.229 e. The van der Waals surface area contributed by atoms with Crippen molar-refractivity contribution in [2.75, 3.05) is 6.61 Å². The fraction of sp³-hybridized carbons (Fsp3) is 0.333. The Labute approximate surface area is 132 Å². The van der Waals surface area contributed by atoms with Gasteiger partial charge < -0.3 is 14.6 Å². The van der Waals surface area contributed by atoms with Gasteiger partial charge in [0.25, 0.3) is 0 Å². The summed E-state index contributed by atoms with van der Waals surface area (Å²) >= 11 is 0. The molecule has 1 aromatic carbocycles. The minimum absolute atomic E-state index is 0.0291. The van der Waals surface area contributed by atoms with Crippen LogP contribution >= 0.6 is 0 Å². The van der Waals surface area contributed by atoms with E-state index in [4.69, 9.17) is 4.42 Å². The number of fused-ring (bicyclic) bond motifs is 4. The maximum atomic E-state index is 12.9. The SMILES string of the molecule is CC1(O)c2ccc3c(c2C(=O)c2occ(CCO)c21)CCC3=O. The molecule has 0 saturated carbocycles. The number of furan rings is 1. The highest BCUT2D eigenvalue weighted by molar-refractivity contribution is 6.15. The second-order valence-corrected chi connectivity index (χ2v) is 6.28. The molecule has 0 radical (unpaired) electrons. The Morgan fingerprint density at radius 2 is 2.04 bits per heavy atom. The lowest BCUT2D eigenvalue weighted by atomic mass is 9.74. The third kappa shape index (κ3) is 1.75. The summed E-state index contributed by atoms with van der Waals surface area (Å²) in [6, 6.07) is 3.36. The van der Waals surface area contributed by atoms with E-state index in [1.54, 1.807) is 19.1 Å². The third-order valence-corrected chi connectivity index (χ3v) is 4.91. The minimum Gasteiger partial charge on any atom is -0.460 e. The van der Waals surface area contributed by atoms with Gasteiger partial charge in [0.15, 0.2) is 11.5 Å². The molecule has 0 bridgehead atoms. The Bertz CT molecular complexity index is 857. The molecule has 0 spiro atoms. The smallest absolute Gasteiger partial charge is 0.229 e. The van der Waals surface area contributed by atoms with Gasteiger partial charge in [-0.15, -0.1) is 0 Å². The van der Waals surface area contributed by atoms with Gasteiger partial charge in [-0.05, 0) is 36.5 Å². The van der Waals surface area contributed by atoms with E-state index in [1.807, 2.05) is 0 Å². The van der Waals surface area contributed by atoms with Crippen molar-refractivity contribution in [1.82, 2.24) is 0 Å². The summed E-state index contributed by atoms with van der Waals surface area (Å²) in [5.41, 5.74) is 1.84. The Kier molecular flexibility index (Phi) is 2.89. The number of benzene rings is 1. The quantitative estimate of drug-likeness (QED) is 0.882. The predicted octanol–water partition coefficient (Wildman–Crippen LogP) is 1.74. The van der Waals surface area contributed by atoms with Crippen LogP contribution in [-0.2, 0) is 18.4 Å². The van der Waals surface area contributed by atoms with Gasteiger partial charge in [0.2, 0.25) is 5.78 Å². The normalized spacial score (nSPS) is 22.0. The van der Waals surface area contributed by atoms with Gasteiger partial charge in [-0.25, -0.2) is 0 Å². The molecule has 0 aliphatic heterocycles. The molecule has 0 fully saturated rings. The molecule has 5 nitrogen and oxygen atoms in total. The Morgan fingerprint density at radius 1 is 1.26 bits per heavy atom. The van der Waals surface area contributed by atoms with Gasteiger partial charge in [-0.1, -0.05) is 12.1 Å². The molecular weight excluding hydrogens is 296 g/mol. The molecule has 2 aliphatic carbocycles. The van der Waals surface area contributed by atoms with Crippen LogP contribution in [0.3, 0.4) is 0 Å². The first-order valence-electron chi connectivity index (χ1n) is 7.65. The number of aliphatic hydroxyl groups excluding tert-OH is 1. The highest BCUT2D eigenvalue weighted by Gasteiger charge is 2.45. The lowest BCUT2D eigenvalue weighted by Gasteiger charge is -2.32. The molecule has 1 unspecified atom stereocenters. The zero-order valence-electron chi connectivity index (χ0n) is 12.7. The molecule has 2 aliphatic rings. The molecule has 5 heteroatoms. The fourth-order valence-electron chi connectivity index (χ4n) is 3.85. The Balaban J connectivity index is 2.00. The number of rotatable bonds is 2. The molecule has 0 saturated heterocycles. The van der Waals surface area contributed by atoms with Crippen molar-refractivity contribution < 1.29 is 24.2 Å². The van der Waals surface area contributed by atoms with E-state index in [0.29, 0.717) is 52.6 Å². The van der Waals surface area contributed by atoms with E-state index in [-0.39, 0.29) is 23.9 Å². The van der Waals surface area contributed by atoms with Crippen LogP contribution in [0.4, 0.5) is 0 Å². The second kappa shape index (κ2) is 4.63. The number of carbonyl (C=O) groups is 2. The first-order chi connectivity index (χ1) is 11.0. The summed E-state index contributed by atoms with van der Waals surface area (Å²) in [7, 11) is 0. The van der Waals surface area contributed by atoms with Crippen molar-refractivity contribution in [3.8, 4) is 0 Å². The standard InChI is InChI=1S/C18H16O5/c1-18(22)12-4-2-10-11(3-5-13(10)20)14(12)16(21)17-15(18)9(6-7-19)8-23-17/h2,4,8,19,22H,3,5-7H2,1H3. The first-order valence-corrected chi connectivity index (χ1v) is 7.65. The van der Waals surface area contributed by atoms with E-state index in [9.17, 15) is 19.8 Å². The summed E-state index contributed by atoms with van der Waals surface area (Å²) in [5.74, 6) is -0.155. The first kappa shape index (κ1) is 14.4. The number of aliphatic hydroxyl groups is 2. The lowest BCUT2D eigenvalue weighted by molar-refractivity contribution is 0.0824.